The monoisotopic (exact) mass is 487 g/mol. The minimum Gasteiger partial charge on any atom is -0.343 e. The summed E-state index contributed by atoms with van der Waals surface area (Å²) in [4.78, 5) is 33.4. The van der Waals surface area contributed by atoms with Gasteiger partial charge in [0.1, 0.15) is 0 Å². The minimum atomic E-state index is -0.414. The van der Waals surface area contributed by atoms with Gasteiger partial charge in [0.2, 0.25) is 17.6 Å². The zero-order valence-electron chi connectivity index (χ0n) is 18.0. The van der Waals surface area contributed by atoms with Gasteiger partial charge < -0.3 is 14.7 Å². The molecule has 2 amide bonds. The highest BCUT2D eigenvalue weighted by Crippen LogP contribution is 2.24. The Morgan fingerprint density at radius 3 is 2.52 bits per heavy atom. The fourth-order valence-corrected chi connectivity index (χ4v) is 4.16. The summed E-state index contributed by atoms with van der Waals surface area (Å²) in [5.74, 6) is 0.538. The van der Waals surface area contributed by atoms with Crippen LogP contribution in [0.1, 0.15) is 29.2 Å². The van der Waals surface area contributed by atoms with E-state index >= 15 is 0 Å². The number of hydrogen-bond acceptors (Lipinski definition) is 6. The van der Waals surface area contributed by atoms with E-state index in [4.69, 9.17) is 27.7 Å². The second kappa shape index (κ2) is 10.3. The minimum absolute atomic E-state index is 0.0704. The van der Waals surface area contributed by atoms with Crippen molar-refractivity contribution in [1.29, 1.82) is 0 Å². The summed E-state index contributed by atoms with van der Waals surface area (Å²) in [5, 5.41) is 7.40. The van der Waals surface area contributed by atoms with Gasteiger partial charge in [0.15, 0.2) is 0 Å². The summed E-state index contributed by atoms with van der Waals surface area (Å²) in [6.45, 7) is 4.31. The van der Waals surface area contributed by atoms with E-state index in [1.165, 1.54) is 12.1 Å². The quantitative estimate of drug-likeness (QED) is 0.570. The zero-order chi connectivity index (χ0) is 23.4. The maximum Gasteiger partial charge on any atom is 0.253 e. The van der Waals surface area contributed by atoms with Gasteiger partial charge in [-0.3, -0.25) is 14.5 Å². The van der Waals surface area contributed by atoms with E-state index in [9.17, 15) is 9.59 Å². The molecule has 4 rings (SSSR count). The normalized spacial score (nSPS) is 15.3. The molecule has 1 unspecified atom stereocenters. The van der Waals surface area contributed by atoms with Gasteiger partial charge in [-0.25, -0.2) is 0 Å². The van der Waals surface area contributed by atoms with Gasteiger partial charge in [-0.1, -0.05) is 58.7 Å². The van der Waals surface area contributed by atoms with Crippen molar-refractivity contribution in [2.75, 3.05) is 32.7 Å². The number of nitrogens with zero attached hydrogens (tertiary/aromatic N) is 4. The second-order valence-corrected chi connectivity index (χ2v) is 8.57. The summed E-state index contributed by atoms with van der Waals surface area (Å²) in [6, 6.07) is 14.2. The molecule has 3 aromatic rings. The molecule has 1 aromatic heterocycles. The Morgan fingerprint density at radius 1 is 1.09 bits per heavy atom. The number of piperazine rings is 1. The Morgan fingerprint density at radius 2 is 1.82 bits per heavy atom. The molecule has 1 atom stereocenters. The summed E-state index contributed by atoms with van der Waals surface area (Å²) in [6.07, 6.45) is 0. The van der Waals surface area contributed by atoms with Crippen molar-refractivity contribution in [3.05, 3.63) is 70.0 Å². The van der Waals surface area contributed by atoms with Crippen LogP contribution in [-0.2, 0) is 4.79 Å². The Kier molecular flexibility index (Phi) is 7.27. The van der Waals surface area contributed by atoms with E-state index in [0.29, 0.717) is 42.9 Å². The van der Waals surface area contributed by atoms with Gasteiger partial charge in [0.25, 0.3) is 5.91 Å². The summed E-state index contributed by atoms with van der Waals surface area (Å²) < 4.78 is 5.48. The summed E-state index contributed by atoms with van der Waals surface area (Å²) >= 11 is 11.9. The molecular weight excluding hydrogens is 465 g/mol. The van der Waals surface area contributed by atoms with Crippen molar-refractivity contribution >= 4 is 35.0 Å². The highest BCUT2D eigenvalue weighted by Gasteiger charge is 2.28. The van der Waals surface area contributed by atoms with Crippen LogP contribution in [0.25, 0.3) is 11.4 Å². The number of rotatable bonds is 6. The van der Waals surface area contributed by atoms with Crippen LogP contribution in [0, 0.1) is 0 Å². The van der Waals surface area contributed by atoms with Crippen LogP contribution in [0.3, 0.4) is 0 Å². The maximum absolute atomic E-state index is 12.6. The number of carbonyl (C=O) groups is 2. The molecule has 0 spiro atoms. The highest BCUT2D eigenvalue weighted by molar-refractivity contribution is 6.36. The van der Waals surface area contributed by atoms with E-state index in [1.54, 1.807) is 11.0 Å². The topological polar surface area (TPSA) is 91.6 Å². The third-order valence-corrected chi connectivity index (χ3v) is 6.17. The molecule has 1 aliphatic heterocycles. The molecule has 0 aliphatic carbocycles. The predicted octanol–water partition coefficient (Wildman–Crippen LogP) is 3.68. The molecule has 1 aliphatic rings. The first-order chi connectivity index (χ1) is 15.9. The van der Waals surface area contributed by atoms with Gasteiger partial charge in [-0.05, 0) is 25.1 Å². The lowest BCUT2D eigenvalue weighted by Crippen LogP contribution is -2.51. The largest absolute Gasteiger partial charge is 0.343 e. The van der Waals surface area contributed by atoms with Gasteiger partial charge >= 0.3 is 0 Å². The molecular formula is C23H23Cl2N5O3. The number of halogens is 2. The zero-order valence-corrected chi connectivity index (χ0v) is 19.5. The average molecular weight is 488 g/mol. The molecule has 0 bridgehead atoms. The first-order valence-electron chi connectivity index (χ1n) is 10.6. The molecule has 0 saturated carbocycles. The second-order valence-electron chi connectivity index (χ2n) is 7.72. The number of amides is 2. The van der Waals surface area contributed by atoms with E-state index in [1.807, 2.05) is 37.3 Å². The third kappa shape index (κ3) is 5.52. The number of benzene rings is 2. The van der Waals surface area contributed by atoms with Crippen LogP contribution >= 0.6 is 23.2 Å². The van der Waals surface area contributed by atoms with Crippen LogP contribution in [0.2, 0.25) is 10.0 Å². The third-order valence-electron chi connectivity index (χ3n) is 5.62. The van der Waals surface area contributed by atoms with E-state index in [0.717, 1.165) is 5.56 Å². The Hall–Kier alpha value is -2.94. The first kappa shape index (κ1) is 23.2. The van der Waals surface area contributed by atoms with Gasteiger partial charge in [-0.15, -0.1) is 0 Å². The van der Waals surface area contributed by atoms with E-state index < -0.39 is 5.91 Å². The molecule has 2 aromatic carbocycles. The van der Waals surface area contributed by atoms with Crippen molar-refractivity contribution in [3.8, 4) is 11.4 Å². The van der Waals surface area contributed by atoms with Gasteiger partial charge in [0, 0.05) is 36.8 Å². The summed E-state index contributed by atoms with van der Waals surface area (Å²) in [5.41, 5.74) is 1.18. The maximum atomic E-state index is 12.6. The summed E-state index contributed by atoms with van der Waals surface area (Å²) in [7, 11) is 0. The predicted molar refractivity (Wildman–Crippen MR) is 125 cm³/mol. The molecule has 1 fully saturated rings. The smallest absolute Gasteiger partial charge is 0.253 e. The molecule has 10 heteroatoms. The lowest BCUT2D eigenvalue weighted by atomic mass is 10.2. The standard InChI is InChI=1S/C23H23Cl2N5O3/c1-15(23-27-21(28-33-23)16-5-3-2-4-6-16)29-9-11-30(12-10-29)20(31)14-26-22(32)18-8-7-17(24)13-19(18)25/h2-8,13,15H,9-12,14H2,1H3,(H,26,32). The van der Waals surface area contributed by atoms with E-state index in [2.05, 4.69) is 20.4 Å². The van der Waals surface area contributed by atoms with Crippen molar-refractivity contribution < 1.29 is 14.1 Å². The molecule has 0 radical (unpaired) electrons. The Bertz CT molecular complexity index is 1130. The first-order valence-corrected chi connectivity index (χ1v) is 11.3. The van der Waals surface area contributed by atoms with Crippen LogP contribution in [0.4, 0.5) is 0 Å². The average Bonchev–Trinajstić information content (AvgIpc) is 3.33. The number of hydrogen-bond donors (Lipinski definition) is 1. The SMILES string of the molecule is CC(c1nc(-c2ccccc2)no1)N1CCN(C(=O)CNC(=O)c2ccc(Cl)cc2Cl)CC1. The van der Waals surface area contributed by atoms with Crippen LogP contribution in [0.15, 0.2) is 53.1 Å². The molecule has 8 nitrogen and oxygen atoms in total. The molecule has 2 heterocycles. The molecule has 33 heavy (non-hydrogen) atoms. The number of carbonyl (C=O) groups excluding carboxylic acids is 2. The fraction of sp³-hybridized carbons (Fsp3) is 0.304. The molecule has 1 saturated heterocycles. The van der Waals surface area contributed by atoms with Crippen LogP contribution in [0.5, 0.6) is 0 Å². The lowest BCUT2D eigenvalue weighted by molar-refractivity contribution is -0.132. The van der Waals surface area contributed by atoms with Crippen molar-refractivity contribution in [2.24, 2.45) is 0 Å². The van der Waals surface area contributed by atoms with Crippen LogP contribution in [-0.4, -0.2) is 64.5 Å². The van der Waals surface area contributed by atoms with Gasteiger partial charge in [0.05, 0.1) is 23.2 Å². The number of aromatic nitrogens is 2. The van der Waals surface area contributed by atoms with Crippen LogP contribution < -0.4 is 5.32 Å². The highest BCUT2D eigenvalue weighted by atomic mass is 35.5. The fourth-order valence-electron chi connectivity index (χ4n) is 3.66. The Balaban J connectivity index is 1.27. The molecule has 1 N–H and O–H groups in total. The van der Waals surface area contributed by atoms with Crippen molar-refractivity contribution in [3.63, 3.8) is 0 Å². The lowest BCUT2D eigenvalue weighted by Gasteiger charge is -2.36. The molecule has 172 valence electrons. The van der Waals surface area contributed by atoms with Crippen molar-refractivity contribution in [2.45, 2.75) is 13.0 Å². The Labute approximate surface area is 201 Å². The van der Waals surface area contributed by atoms with Gasteiger partial charge in [-0.2, -0.15) is 4.98 Å². The van der Waals surface area contributed by atoms with Crippen molar-refractivity contribution in [1.82, 2.24) is 25.3 Å². The van der Waals surface area contributed by atoms with E-state index in [-0.39, 0.29) is 29.1 Å². The number of nitrogens with one attached hydrogen (secondary N) is 1.